The van der Waals surface area contributed by atoms with Crippen LogP contribution in [0.1, 0.15) is 0 Å². The molecule has 0 spiro atoms. The summed E-state index contributed by atoms with van der Waals surface area (Å²) in [5, 5.41) is 3.82. The van der Waals surface area contributed by atoms with E-state index in [1.165, 1.54) is 0 Å². The minimum atomic E-state index is -0.313. The number of hydrogen-bond acceptors (Lipinski definition) is 3. The summed E-state index contributed by atoms with van der Waals surface area (Å²) >= 11 is 5.93. The maximum absolute atomic E-state index is 11.3. The van der Waals surface area contributed by atoms with E-state index >= 15 is 0 Å². The van der Waals surface area contributed by atoms with Crippen LogP contribution in [-0.2, 0) is 4.79 Å². The number of carbonyl (C=O) groups excluding carboxylic acids is 1. The van der Waals surface area contributed by atoms with Crippen LogP contribution in [0.25, 0.3) is 0 Å². The number of hydrogen-bond donors (Lipinski definition) is 2. The van der Waals surface area contributed by atoms with Crippen LogP contribution in [0.15, 0.2) is 24.3 Å². The minimum Gasteiger partial charge on any atom is -0.368 e. The van der Waals surface area contributed by atoms with Gasteiger partial charge in [-0.1, -0.05) is 17.7 Å². The zero-order valence-corrected chi connectivity index (χ0v) is 9.57. The van der Waals surface area contributed by atoms with Gasteiger partial charge in [0.1, 0.15) is 6.04 Å². The quantitative estimate of drug-likeness (QED) is 0.795. The van der Waals surface area contributed by atoms with Gasteiger partial charge in [-0.05, 0) is 18.2 Å². The maximum Gasteiger partial charge on any atom is 0.241 e. The van der Waals surface area contributed by atoms with Crippen molar-refractivity contribution in [3.05, 3.63) is 29.3 Å². The first-order valence-electron chi connectivity index (χ1n) is 5.21. The van der Waals surface area contributed by atoms with E-state index in [0.717, 1.165) is 18.8 Å². The maximum atomic E-state index is 11.3. The fraction of sp³-hybridized carbons (Fsp3) is 0.364. The summed E-state index contributed by atoms with van der Waals surface area (Å²) in [5.74, 6) is -0.313. The summed E-state index contributed by atoms with van der Waals surface area (Å²) in [6.07, 6.45) is 0. The van der Waals surface area contributed by atoms with Crippen LogP contribution in [0.5, 0.6) is 0 Å². The molecule has 3 N–H and O–H groups in total. The van der Waals surface area contributed by atoms with Gasteiger partial charge in [0.05, 0.1) is 0 Å². The monoisotopic (exact) mass is 239 g/mol. The number of halogens is 1. The Morgan fingerprint density at radius 1 is 1.56 bits per heavy atom. The molecule has 0 saturated carbocycles. The number of primary amides is 1. The highest BCUT2D eigenvalue weighted by molar-refractivity contribution is 6.30. The minimum absolute atomic E-state index is 0.299. The van der Waals surface area contributed by atoms with Crippen LogP contribution < -0.4 is 16.0 Å². The van der Waals surface area contributed by atoms with Crippen molar-refractivity contribution in [2.45, 2.75) is 6.04 Å². The van der Waals surface area contributed by atoms with Crippen molar-refractivity contribution in [1.29, 1.82) is 0 Å². The number of benzene rings is 1. The van der Waals surface area contributed by atoms with Gasteiger partial charge in [0.2, 0.25) is 5.91 Å². The molecule has 1 fully saturated rings. The first kappa shape index (κ1) is 11.2. The van der Waals surface area contributed by atoms with Gasteiger partial charge in [0, 0.05) is 30.3 Å². The highest BCUT2D eigenvalue weighted by Gasteiger charge is 2.26. The standard InChI is InChI=1S/C11H14ClN3O/c12-8-2-1-3-9(6-8)15-5-4-14-7-10(15)11(13)16/h1-3,6,10,14H,4-5,7H2,(H2,13,16). The van der Waals surface area contributed by atoms with E-state index in [1.807, 2.05) is 29.2 Å². The molecule has 0 bridgehead atoms. The largest absolute Gasteiger partial charge is 0.368 e. The molecule has 1 aliphatic rings. The lowest BCUT2D eigenvalue weighted by Crippen LogP contribution is -2.57. The number of nitrogens with two attached hydrogens (primary N) is 1. The Hall–Kier alpha value is -1.26. The Balaban J connectivity index is 2.26. The molecule has 16 heavy (non-hydrogen) atoms. The summed E-state index contributed by atoms with van der Waals surface area (Å²) in [7, 11) is 0. The summed E-state index contributed by atoms with van der Waals surface area (Å²) in [4.78, 5) is 13.3. The molecule has 2 rings (SSSR count). The third kappa shape index (κ3) is 2.28. The predicted molar refractivity (Wildman–Crippen MR) is 64.7 cm³/mol. The molecule has 1 aromatic carbocycles. The fourth-order valence-corrected chi connectivity index (χ4v) is 2.11. The second-order valence-electron chi connectivity index (χ2n) is 3.80. The lowest BCUT2D eigenvalue weighted by molar-refractivity contribution is -0.119. The zero-order chi connectivity index (χ0) is 11.5. The first-order valence-corrected chi connectivity index (χ1v) is 5.58. The highest BCUT2D eigenvalue weighted by Crippen LogP contribution is 2.22. The van der Waals surface area contributed by atoms with E-state index in [-0.39, 0.29) is 11.9 Å². The second kappa shape index (κ2) is 4.72. The van der Waals surface area contributed by atoms with Gasteiger partial charge in [-0.3, -0.25) is 4.79 Å². The molecule has 5 heteroatoms. The molecule has 1 heterocycles. The molecule has 4 nitrogen and oxygen atoms in total. The van der Waals surface area contributed by atoms with E-state index in [9.17, 15) is 4.79 Å². The smallest absolute Gasteiger partial charge is 0.241 e. The molecule has 1 unspecified atom stereocenters. The van der Waals surface area contributed by atoms with Crippen LogP contribution in [-0.4, -0.2) is 31.6 Å². The SMILES string of the molecule is NC(=O)C1CNCCN1c1cccc(Cl)c1. The number of amides is 1. The van der Waals surface area contributed by atoms with Crippen LogP contribution in [0.3, 0.4) is 0 Å². The number of nitrogens with zero attached hydrogens (tertiary/aromatic N) is 1. The summed E-state index contributed by atoms with van der Waals surface area (Å²) < 4.78 is 0. The third-order valence-corrected chi connectivity index (χ3v) is 2.95. The third-order valence-electron chi connectivity index (χ3n) is 2.71. The Morgan fingerprint density at radius 3 is 3.06 bits per heavy atom. The molecule has 86 valence electrons. The lowest BCUT2D eigenvalue weighted by atomic mass is 10.1. The Bertz CT molecular complexity index is 397. The average Bonchev–Trinajstić information content (AvgIpc) is 2.29. The van der Waals surface area contributed by atoms with Crippen molar-refractivity contribution in [3.63, 3.8) is 0 Å². The van der Waals surface area contributed by atoms with Crippen LogP contribution in [0.2, 0.25) is 5.02 Å². The van der Waals surface area contributed by atoms with Crippen molar-refractivity contribution < 1.29 is 4.79 Å². The van der Waals surface area contributed by atoms with Gasteiger partial charge in [0.25, 0.3) is 0 Å². The van der Waals surface area contributed by atoms with Crippen molar-refractivity contribution in [2.24, 2.45) is 5.73 Å². The Morgan fingerprint density at radius 2 is 2.38 bits per heavy atom. The number of piperazine rings is 1. The average molecular weight is 240 g/mol. The number of nitrogens with one attached hydrogen (secondary N) is 1. The molecule has 0 aliphatic carbocycles. The van der Waals surface area contributed by atoms with E-state index in [2.05, 4.69) is 5.32 Å². The van der Waals surface area contributed by atoms with E-state index < -0.39 is 0 Å². The highest BCUT2D eigenvalue weighted by atomic mass is 35.5. The molecule has 1 amide bonds. The van der Waals surface area contributed by atoms with Crippen molar-refractivity contribution in [1.82, 2.24) is 5.32 Å². The Labute approximate surface area is 99.4 Å². The van der Waals surface area contributed by atoms with Crippen LogP contribution >= 0.6 is 11.6 Å². The zero-order valence-electron chi connectivity index (χ0n) is 8.82. The molecule has 1 aliphatic heterocycles. The fourth-order valence-electron chi connectivity index (χ4n) is 1.92. The molecule has 1 atom stereocenters. The van der Waals surface area contributed by atoms with Crippen molar-refractivity contribution in [2.75, 3.05) is 24.5 Å². The topological polar surface area (TPSA) is 58.4 Å². The van der Waals surface area contributed by atoms with Gasteiger partial charge in [-0.2, -0.15) is 0 Å². The normalized spacial score (nSPS) is 20.8. The number of carbonyl (C=O) groups is 1. The number of rotatable bonds is 2. The van der Waals surface area contributed by atoms with E-state index in [0.29, 0.717) is 11.6 Å². The number of anilines is 1. The first-order chi connectivity index (χ1) is 7.68. The molecule has 1 aromatic rings. The van der Waals surface area contributed by atoms with Crippen LogP contribution in [0, 0.1) is 0 Å². The molecular weight excluding hydrogens is 226 g/mol. The van der Waals surface area contributed by atoms with E-state index in [1.54, 1.807) is 0 Å². The van der Waals surface area contributed by atoms with Crippen molar-refractivity contribution >= 4 is 23.2 Å². The van der Waals surface area contributed by atoms with Crippen LogP contribution in [0.4, 0.5) is 5.69 Å². The van der Waals surface area contributed by atoms with Gasteiger partial charge < -0.3 is 16.0 Å². The van der Waals surface area contributed by atoms with Gasteiger partial charge in [-0.15, -0.1) is 0 Å². The lowest BCUT2D eigenvalue weighted by Gasteiger charge is -2.36. The molecular formula is C11H14ClN3O. The summed E-state index contributed by atoms with van der Waals surface area (Å²) in [6, 6.07) is 7.17. The summed E-state index contributed by atoms with van der Waals surface area (Å²) in [6.45, 7) is 2.19. The van der Waals surface area contributed by atoms with E-state index in [4.69, 9.17) is 17.3 Å². The Kier molecular flexibility index (Phi) is 3.31. The second-order valence-corrected chi connectivity index (χ2v) is 4.23. The summed E-state index contributed by atoms with van der Waals surface area (Å²) in [5.41, 5.74) is 6.32. The molecule has 1 saturated heterocycles. The predicted octanol–water partition coefficient (Wildman–Crippen LogP) is 0.603. The molecule has 0 radical (unpaired) electrons. The molecule has 0 aromatic heterocycles. The van der Waals surface area contributed by atoms with Gasteiger partial charge in [-0.25, -0.2) is 0 Å². The van der Waals surface area contributed by atoms with Gasteiger partial charge in [0.15, 0.2) is 0 Å². The van der Waals surface area contributed by atoms with Gasteiger partial charge >= 0.3 is 0 Å². The van der Waals surface area contributed by atoms with Crippen molar-refractivity contribution in [3.8, 4) is 0 Å².